The van der Waals surface area contributed by atoms with E-state index < -0.39 is 0 Å². The summed E-state index contributed by atoms with van der Waals surface area (Å²) in [5.41, 5.74) is 3.75. The van der Waals surface area contributed by atoms with Crippen LogP contribution in [-0.2, 0) is 19.5 Å². The van der Waals surface area contributed by atoms with Crippen molar-refractivity contribution in [1.29, 1.82) is 0 Å². The van der Waals surface area contributed by atoms with Crippen LogP contribution < -0.4 is 15.8 Å². The lowest BCUT2D eigenvalue weighted by Crippen LogP contribution is -2.46. The molecule has 6 rings (SSSR count). The third-order valence-electron chi connectivity index (χ3n) is 7.93. The first kappa shape index (κ1) is 30.6. The molecule has 0 unspecified atom stereocenters. The molecule has 2 amide bonds. The van der Waals surface area contributed by atoms with Gasteiger partial charge in [0.05, 0.1) is 51.4 Å². The van der Waals surface area contributed by atoms with Gasteiger partial charge in [-0.25, -0.2) is 14.5 Å². The molecular formula is C32H28Cl3N7O3. The lowest BCUT2D eigenvalue weighted by atomic mass is 9.98. The summed E-state index contributed by atoms with van der Waals surface area (Å²) in [5.74, 6) is -0.110. The molecule has 0 radical (unpaired) electrons. The average molecular weight is 665 g/mol. The van der Waals surface area contributed by atoms with Gasteiger partial charge in [-0.2, -0.15) is 0 Å². The van der Waals surface area contributed by atoms with Crippen molar-refractivity contribution in [3.05, 3.63) is 120 Å². The molecule has 0 aliphatic carbocycles. The predicted octanol–water partition coefficient (Wildman–Crippen LogP) is 5.42. The number of aromatic nitrogens is 4. The molecule has 13 heteroatoms. The van der Waals surface area contributed by atoms with Crippen molar-refractivity contribution >= 4 is 58.2 Å². The highest BCUT2D eigenvalue weighted by atomic mass is 35.5. The molecule has 1 atom stereocenters. The minimum atomic E-state index is -0.287. The van der Waals surface area contributed by atoms with Crippen LogP contribution in [0.4, 0.5) is 5.95 Å². The van der Waals surface area contributed by atoms with E-state index in [-0.39, 0.29) is 35.0 Å². The lowest BCUT2D eigenvalue weighted by molar-refractivity contribution is 0.0653. The minimum absolute atomic E-state index is 0.132. The molecule has 0 saturated carbocycles. The van der Waals surface area contributed by atoms with Crippen molar-refractivity contribution in [1.82, 2.24) is 29.2 Å². The van der Waals surface area contributed by atoms with E-state index >= 15 is 0 Å². The highest BCUT2D eigenvalue weighted by Gasteiger charge is 2.32. The first-order valence-corrected chi connectivity index (χ1v) is 15.2. The molecule has 3 aromatic heterocycles. The first-order chi connectivity index (χ1) is 21.5. The van der Waals surface area contributed by atoms with E-state index in [1.165, 1.54) is 0 Å². The summed E-state index contributed by atoms with van der Waals surface area (Å²) < 4.78 is 3.43. The van der Waals surface area contributed by atoms with Crippen LogP contribution in [0.2, 0.25) is 15.1 Å². The predicted molar refractivity (Wildman–Crippen MR) is 175 cm³/mol. The zero-order chi connectivity index (χ0) is 32.0. The van der Waals surface area contributed by atoms with Crippen LogP contribution >= 0.6 is 34.8 Å². The van der Waals surface area contributed by atoms with Crippen LogP contribution in [0.5, 0.6) is 0 Å². The zero-order valence-electron chi connectivity index (χ0n) is 24.6. The maximum Gasteiger partial charge on any atom is 0.263 e. The number of hydrogen-bond donors (Lipinski definition) is 1. The number of carbonyl (C=O) groups excluding carboxylic acids is 2. The van der Waals surface area contributed by atoms with Crippen molar-refractivity contribution in [3.63, 3.8) is 0 Å². The molecule has 1 N–H and O–H groups in total. The third-order valence-corrected chi connectivity index (χ3v) is 8.89. The van der Waals surface area contributed by atoms with Gasteiger partial charge >= 0.3 is 0 Å². The first-order valence-electron chi connectivity index (χ1n) is 14.1. The monoisotopic (exact) mass is 663 g/mol. The molecule has 2 aromatic carbocycles. The molecule has 0 fully saturated rings. The fourth-order valence-electron chi connectivity index (χ4n) is 5.54. The highest BCUT2D eigenvalue weighted by molar-refractivity contribution is 6.42. The Hall–Kier alpha value is -4.38. The van der Waals surface area contributed by atoms with E-state index in [2.05, 4.69) is 10.3 Å². The molecule has 1 aliphatic rings. The quantitative estimate of drug-likeness (QED) is 0.260. The number of carbonyl (C=O) groups is 2. The normalized spacial score (nSPS) is 14.4. The summed E-state index contributed by atoms with van der Waals surface area (Å²) in [6, 6.07) is 14.8. The molecule has 1 aliphatic heterocycles. The second kappa shape index (κ2) is 12.2. The van der Waals surface area contributed by atoms with Crippen LogP contribution in [0.15, 0.2) is 71.8 Å². The Kier molecular flexibility index (Phi) is 8.30. The van der Waals surface area contributed by atoms with Gasteiger partial charge in [-0.3, -0.25) is 14.4 Å². The summed E-state index contributed by atoms with van der Waals surface area (Å²) >= 11 is 18.6. The van der Waals surface area contributed by atoms with Gasteiger partial charge in [-0.05, 0) is 67.9 Å². The van der Waals surface area contributed by atoms with Gasteiger partial charge in [-0.15, -0.1) is 0 Å². The maximum atomic E-state index is 14.3. The highest BCUT2D eigenvalue weighted by Crippen LogP contribution is 2.28. The number of halogens is 3. The second-order valence-electron chi connectivity index (χ2n) is 10.9. The van der Waals surface area contributed by atoms with Crippen molar-refractivity contribution < 1.29 is 9.59 Å². The molecule has 0 saturated heterocycles. The van der Waals surface area contributed by atoms with Gasteiger partial charge in [0.1, 0.15) is 5.65 Å². The van der Waals surface area contributed by atoms with Gasteiger partial charge in [-0.1, -0.05) is 34.8 Å². The Morgan fingerprint density at radius 3 is 2.47 bits per heavy atom. The topological polar surface area (TPSA) is 105 Å². The third kappa shape index (κ3) is 5.77. The molecule has 230 valence electrons. The van der Waals surface area contributed by atoms with E-state index in [9.17, 15) is 14.4 Å². The second-order valence-corrected chi connectivity index (χ2v) is 12.2. The van der Waals surface area contributed by atoms with E-state index in [0.717, 1.165) is 11.3 Å². The van der Waals surface area contributed by atoms with Gasteiger partial charge in [0.15, 0.2) is 0 Å². The largest absolute Gasteiger partial charge is 0.355 e. The number of nitrogens with zero attached hydrogens (tertiary/aromatic N) is 6. The Balaban J connectivity index is 1.44. The van der Waals surface area contributed by atoms with Crippen molar-refractivity contribution in [2.24, 2.45) is 0 Å². The molecule has 45 heavy (non-hydrogen) atoms. The smallest absolute Gasteiger partial charge is 0.263 e. The number of pyridine rings is 1. The molecule has 0 spiro atoms. The lowest BCUT2D eigenvalue weighted by Gasteiger charge is -2.35. The van der Waals surface area contributed by atoms with Crippen molar-refractivity contribution in [2.45, 2.75) is 32.5 Å². The van der Waals surface area contributed by atoms with Gasteiger partial charge in [0.2, 0.25) is 5.95 Å². The Bertz CT molecular complexity index is 2020. The van der Waals surface area contributed by atoms with Crippen molar-refractivity contribution in [2.75, 3.05) is 19.0 Å². The minimum Gasteiger partial charge on any atom is -0.355 e. The fourth-order valence-corrected chi connectivity index (χ4v) is 6.00. The fraction of sp³-hybridized carbons (Fsp3) is 0.219. The Morgan fingerprint density at radius 2 is 1.76 bits per heavy atom. The molecule has 4 heterocycles. The van der Waals surface area contributed by atoms with Crippen LogP contribution in [0.3, 0.4) is 0 Å². The van der Waals surface area contributed by atoms with Crippen LogP contribution in [0, 0.1) is 0 Å². The number of anilines is 1. The summed E-state index contributed by atoms with van der Waals surface area (Å²) in [6.45, 7) is 2.37. The summed E-state index contributed by atoms with van der Waals surface area (Å²) in [5, 5.41) is 3.81. The average Bonchev–Trinajstić information content (AvgIpc) is 3.43. The summed E-state index contributed by atoms with van der Waals surface area (Å²) in [7, 11) is 3.39. The van der Waals surface area contributed by atoms with E-state index in [1.807, 2.05) is 29.3 Å². The van der Waals surface area contributed by atoms with Gasteiger partial charge in [0, 0.05) is 43.0 Å². The summed E-state index contributed by atoms with van der Waals surface area (Å²) in [4.78, 5) is 53.1. The zero-order valence-corrected chi connectivity index (χ0v) is 26.9. The standard InChI is InChI=1S/C32H28Cl3N7O3/c1-18-12-24-27(17-40(18)30(44)20-6-10-25(34)26(35)13-20)38-32(39(3)16-23-14-37-28-11-7-21(33)15-41(23)28)42(31(24)45)22-8-4-19(5-9-22)29(43)36-2/h4-11,13-15,18H,12,16-17H2,1-3H3,(H,36,43)/t18-/m1/s1. The summed E-state index contributed by atoms with van der Waals surface area (Å²) in [6.07, 6.45) is 3.84. The van der Waals surface area contributed by atoms with E-state index in [1.54, 1.807) is 77.4 Å². The molecule has 10 nitrogen and oxygen atoms in total. The molecule has 5 aromatic rings. The number of hydrogen-bond acceptors (Lipinski definition) is 6. The number of rotatable bonds is 6. The van der Waals surface area contributed by atoms with Gasteiger partial charge in [0.25, 0.3) is 17.4 Å². The molecule has 0 bridgehead atoms. The number of imidazole rings is 1. The van der Waals surface area contributed by atoms with Gasteiger partial charge < -0.3 is 19.5 Å². The number of amides is 2. The van der Waals surface area contributed by atoms with E-state index in [4.69, 9.17) is 39.8 Å². The number of nitrogens with one attached hydrogen (secondary N) is 1. The Morgan fingerprint density at radius 1 is 1.02 bits per heavy atom. The number of benzene rings is 2. The van der Waals surface area contributed by atoms with Crippen LogP contribution in [0.1, 0.15) is 44.6 Å². The molecular weight excluding hydrogens is 637 g/mol. The van der Waals surface area contributed by atoms with Crippen LogP contribution in [0.25, 0.3) is 11.3 Å². The number of fused-ring (bicyclic) bond motifs is 2. The van der Waals surface area contributed by atoms with Crippen LogP contribution in [-0.4, -0.2) is 55.8 Å². The maximum absolute atomic E-state index is 14.3. The SMILES string of the molecule is CNC(=O)c1ccc(-n2c(N(C)Cc3cnc4ccc(Cl)cn34)nc3c(c2=O)C[C@@H](C)N(C(=O)c2ccc(Cl)c(Cl)c2)C3)cc1. The Labute approximate surface area is 273 Å². The van der Waals surface area contributed by atoms with E-state index in [0.29, 0.717) is 57.0 Å². The van der Waals surface area contributed by atoms with Crippen molar-refractivity contribution in [3.8, 4) is 5.69 Å².